The van der Waals surface area contributed by atoms with Crippen LogP contribution in [0.1, 0.15) is 10.4 Å². The van der Waals surface area contributed by atoms with Gasteiger partial charge in [-0.1, -0.05) is 18.2 Å². The molecule has 0 unspecified atom stereocenters. The Balaban J connectivity index is 2.12. The molecule has 0 heterocycles. The van der Waals surface area contributed by atoms with Gasteiger partial charge in [-0.15, -0.1) is 10.2 Å². The summed E-state index contributed by atoms with van der Waals surface area (Å²) in [6, 6.07) is 14.1. The highest BCUT2D eigenvalue weighted by Gasteiger charge is 2.03. The van der Waals surface area contributed by atoms with E-state index >= 15 is 0 Å². The first-order valence-corrected chi connectivity index (χ1v) is 5.02. The molecule has 0 spiro atoms. The van der Waals surface area contributed by atoms with Gasteiger partial charge in [0.05, 0.1) is 5.69 Å². The number of halogens is 1. The van der Waals surface area contributed by atoms with Crippen LogP contribution in [0.4, 0.5) is 10.1 Å². The molecule has 0 fully saturated rings. The van der Waals surface area contributed by atoms with Gasteiger partial charge in [-0.3, -0.25) is 4.79 Å². The van der Waals surface area contributed by atoms with Crippen molar-refractivity contribution in [1.29, 1.82) is 0 Å². The maximum Gasteiger partial charge on any atom is 0.295 e. The topological polar surface area (TPSA) is 41.8 Å². The third kappa shape index (κ3) is 3.04. The number of nitrogens with zero attached hydrogens (tertiary/aromatic N) is 2. The number of hydrogen-bond donors (Lipinski definition) is 0. The maximum atomic E-state index is 12.6. The molecule has 0 bridgehead atoms. The molecule has 0 N–H and O–H groups in total. The Bertz CT molecular complexity index is 535. The monoisotopic (exact) mass is 228 g/mol. The number of azo groups is 1. The highest BCUT2D eigenvalue weighted by molar-refractivity contribution is 5.94. The summed E-state index contributed by atoms with van der Waals surface area (Å²) in [5, 5.41) is 7.34. The number of rotatable bonds is 2. The minimum atomic E-state index is -0.492. The van der Waals surface area contributed by atoms with Crippen molar-refractivity contribution >= 4 is 11.6 Å². The van der Waals surface area contributed by atoms with Crippen molar-refractivity contribution in [3.63, 3.8) is 0 Å². The van der Waals surface area contributed by atoms with Crippen molar-refractivity contribution in [3.05, 3.63) is 66.0 Å². The van der Waals surface area contributed by atoms with Crippen molar-refractivity contribution in [2.75, 3.05) is 0 Å². The van der Waals surface area contributed by atoms with Gasteiger partial charge in [0.1, 0.15) is 5.82 Å². The van der Waals surface area contributed by atoms with Crippen LogP contribution in [0.5, 0.6) is 0 Å². The zero-order chi connectivity index (χ0) is 12.1. The van der Waals surface area contributed by atoms with Gasteiger partial charge in [-0.05, 0) is 36.4 Å². The molecule has 0 radical (unpaired) electrons. The first-order chi connectivity index (χ1) is 8.25. The molecule has 2 rings (SSSR count). The van der Waals surface area contributed by atoms with Gasteiger partial charge in [0.2, 0.25) is 0 Å². The van der Waals surface area contributed by atoms with E-state index in [9.17, 15) is 9.18 Å². The van der Waals surface area contributed by atoms with Crippen LogP contribution in [-0.2, 0) is 0 Å². The molecule has 0 saturated carbocycles. The van der Waals surface area contributed by atoms with E-state index in [1.54, 1.807) is 24.3 Å². The fourth-order valence-corrected chi connectivity index (χ4v) is 1.25. The molecule has 1 amide bonds. The van der Waals surface area contributed by atoms with Crippen LogP contribution in [0.3, 0.4) is 0 Å². The van der Waals surface area contributed by atoms with Gasteiger partial charge in [0.25, 0.3) is 5.91 Å². The van der Waals surface area contributed by atoms with Gasteiger partial charge in [-0.2, -0.15) is 0 Å². The smallest absolute Gasteiger partial charge is 0.265 e. The molecule has 3 nitrogen and oxygen atoms in total. The summed E-state index contributed by atoms with van der Waals surface area (Å²) in [6.07, 6.45) is 0. The lowest BCUT2D eigenvalue weighted by Gasteiger charge is -1.94. The molecule has 0 saturated heterocycles. The summed E-state index contributed by atoms with van der Waals surface area (Å²) in [5.74, 6) is -0.879. The Kier molecular flexibility index (Phi) is 3.35. The Morgan fingerprint density at radius 3 is 2.24 bits per heavy atom. The largest absolute Gasteiger partial charge is 0.295 e. The van der Waals surface area contributed by atoms with E-state index in [1.807, 2.05) is 6.07 Å². The molecule has 0 atom stereocenters. The molecular formula is C13H9FN2O. The SMILES string of the molecule is O=C(N=Nc1ccccc1)c1ccc(F)cc1. The highest BCUT2D eigenvalue weighted by atomic mass is 19.1. The van der Waals surface area contributed by atoms with Gasteiger partial charge >= 0.3 is 0 Å². The van der Waals surface area contributed by atoms with E-state index in [4.69, 9.17) is 0 Å². The van der Waals surface area contributed by atoms with Gasteiger partial charge in [0, 0.05) is 5.56 Å². The summed E-state index contributed by atoms with van der Waals surface area (Å²) in [7, 11) is 0. The fraction of sp³-hybridized carbons (Fsp3) is 0. The van der Waals surface area contributed by atoms with Crippen LogP contribution in [0.15, 0.2) is 64.8 Å². The highest BCUT2D eigenvalue weighted by Crippen LogP contribution is 2.12. The quantitative estimate of drug-likeness (QED) is 0.721. The Hall–Kier alpha value is -2.36. The zero-order valence-corrected chi connectivity index (χ0v) is 8.88. The minimum Gasteiger partial charge on any atom is -0.265 e. The van der Waals surface area contributed by atoms with Crippen LogP contribution in [0, 0.1) is 5.82 Å². The number of hydrogen-bond acceptors (Lipinski definition) is 2. The molecule has 2 aromatic rings. The van der Waals surface area contributed by atoms with Crippen LogP contribution < -0.4 is 0 Å². The van der Waals surface area contributed by atoms with Gasteiger partial charge < -0.3 is 0 Å². The van der Waals surface area contributed by atoms with E-state index in [0.717, 1.165) is 0 Å². The first kappa shape index (κ1) is 11.1. The predicted octanol–water partition coefficient (Wildman–Crippen LogP) is 3.75. The van der Waals surface area contributed by atoms with E-state index in [-0.39, 0.29) is 5.82 Å². The lowest BCUT2D eigenvalue weighted by molar-refractivity contribution is 0.0995. The lowest BCUT2D eigenvalue weighted by Crippen LogP contribution is -1.93. The summed E-state index contributed by atoms with van der Waals surface area (Å²) < 4.78 is 12.6. The van der Waals surface area contributed by atoms with Crippen LogP contribution >= 0.6 is 0 Å². The zero-order valence-electron chi connectivity index (χ0n) is 8.88. The number of carbonyl (C=O) groups is 1. The molecule has 0 aliphatic rings. The Morgan fingerprint density at radius 1 is 0.941 bits per heavy atom. The molecule has 84 valence electrons. The molecule has 0 aliphatic heterocycles. The second-order valence-electron chi connectivity index (χ2n) is 3.35. The molecule has 0 aliphatic carbocycles. The number of benzene rings is 2. The second-order valence-corrected chi connectivity index (χ2v) is 3.35. The first-order valence-electron chi connectivity index (χ1n) is 5.02. The standard InChI is InChI=1S/C13H9FN2O/c14-11-8-6-10(7-9-11)13(17)16-15-12-4-2-1-3-5-12/h1-9H. The normalized spacial score (nSPS) is 10.6. The van der Waals surface area contributed by atoms with Crippen molar-refractivity contribution in [1.82, 2.24) is 0 Å². The van der Waals surface area contributed by atoms with Gasteiger partial charge in [-0.25, -0.2) is 4.39 Å². The Morgan fingerprint density at radius 2 is 1.59 bits per heavy atom. The Labute approximate surface area is 97.6 Å². The van der Waals surface area contributed by atoms with Crippen molar-refractivity contribution in [2.24, 2.45) is 10.2 Å². The third-order valence-electron chi connectivity index (χ3n) is 2.10. The molecule has 0 aromatic heterocycles. The second kappa shape index (κ2) is 5.12. The van der Waals surface area contributed by atoms with E-state index in [0.29, 0.717) is 11.3 Å². The van der Waals surface area contributed by atoms with Crippen LogP contribution in [-0.4, -0.2) is 5.91 Å². The molecule has 4 heteroatoms. The van der Waals surface area contributed by atoms with E-state index in [2.05, 4.69) is 10.2 Å². The van der Waals surface area contributed by atoms with E-state index in [1.165, 1.54) is 24.3 Å². The molecule has 17 heavy (non-hydrogen) atoms. The maximum absolute atomic E-state index is 12.6. The number of amides is 1. The summed E-state index contributed by atoms with van der Waals surface area (Å²) in [4.78, 5) is 11.5. The summed E-state index contributed by atoms with van der Waals surface area (Å²) in [5.41, 5.74) is 0.911. The fourth-order valence-electron chi connectivity index (χ4n) is 1.25. The average molecular weight is 228 g/mol. The van der Waals surface area contributed by atoms with Gasteiger partial charge in [0.15, 0.2) is 0 Å². The molecule has 2 aromatic carbocycles. The number of carbonyl (C=O) groups excluding carboxylic acids is 1. The lowest BCUT2D eigenvalue weighted by atomic mass is 10.2. The minimum absolute atomic E-state index is 0.311. The third-order valence-corrected chi connectivity index (χ3v) is 2.10. The predicted molar refractivity (Wildman–Crippen MR) is 61.7 cm³/mol. The van der Waals surface area contributed by atoms with E-state index < -0.39 is 5.91 Å². The summed E-state index contributed by atoms with van der Waals surface area (Å²) >= 11 is 0. The average Bonchev–Trinajstić information content (AvgIpc) is 2.38. The van der Waals surface area contributed by atoms with Crippen molar-refractivity contribution in [2.45, 2.75) is 0 Å². The summed E-state index contributed by atoms with van der Waals surface area (Å²) in [6.45, 7) is 0. The van der Waals surface area contributed by atoms with Crippen LogP contribution in [0.2, 0.25) is 0 Å². The molecular weight excluding hydrogens is 219 g/mol. The van der Waals surface area contributed by atoms with Crippen LogP contribution in [0.25, 0.3) is 0 Å². The van der Waals surface area contributed by atoms with Crippen molar-refractivity contribution in [3.8, 4) is 0 Å². The van der Waals surface area contributed by atoms with Crippen molar-refractivity contribution < 1.29 is 9.18 Å².